The number of carbonyl (C=O) groups is 1. The van der Waals surface area contributed by atoms with Gasteiger partial charge in [-0.3, -0.25) is 4.79 Å². The molecule has 1 aliphatic rings. The Kier molecular flexibility index (Phi) is 6.47. The third-order valence-electron chi connectivity index (χ3n) is 5.01. The van der Waals surface area contributed by atoms with Crippen LogP contribution in [-0.2, 0) is 24.7 Å². The monoisotopic (exact) mass is 456 g/mol. The predicted molar refractivity (Wildman–Crippen MR) is 112 cm³/mol. The molecule has 1 N–H and O–H groups in total. The number of sulfone groups is 1. The number of nitrogens with one attached hydrogen (secondary N) is 1. The highest BCUT2D eigenvalue weighted by Gasteiger charge is 2.34. The summed E-state index contributed by atoms with van der Waals surface area (Å²) in [5.41, 5.74) is 0.782. The van der Waals surface area contributed by atoms with Crippen LogP contribution in [0.25, 0.3) is 0 Å². The summed E-state index contributed by atoms with van der Waals surface area (Å²) in [5, 5.41) is 4.64. The van der Waals surface area contributed by atoms with Crippen LogP contribution in [0.4, 0.5) is 0 Å². The highest BCUT2D eigenvalue weighted by atomic mass is 32.2. The zero-order valence-electron chi connectivity index (χ0n) is 16.2. The maximum Gasteiger partial charge on any atom is 0.252 e. The van der Waals surface area contributed by atoms with Crippen LogP contribution in [0.3, 0.4) is 0 Å². The van der Waals surface area contributed by atoms with Gasteiger partial charge in [0.05, 0.1) is 16.9 Å². The van der Waals surface area contributed by atoms with Crippen LogP contribution in [-0.4, -0.2) is 46.4 Å². The highest BCUT2D eigenvalue weighted by Crippen LogP contribution is 2.27. The van der Waals surface area contributed by atoms with E-state index in [1.807, 2.05) is 6.92 Å². The summed E-state index contributed by atoms with van der Waals surface area (Å²) >= 11 is 1.17. The van der Waals surface area contributed by atoms with Gasteiger partial charge in [-0.25, -0.2) is 16.8 Å². The van der Waals surface area contributed by atoms with E-state index in [2.05, 4.69) is 5.32 Å². The van der Waals surface area contributed by atoms with Crippen LogP contribution in [0.15, 0.2) is 50.9 Å². The van der Waals surface area contributed by atoms with Crippen LogP contribution < -0.4 is 5.32 Å². The Morgan fingerprint density at radius 3 is 2.45 bits per heavy atom. The minimum atomic E-state index is -3.57. The predicted octanol–water partition coefficient (Wildman–Crippen LogP) is 2.43. The average Bonchev–Trinajstić information content (AvgIpc) is 3.23. The minimum Gasteiger partial charge on any atom is -0.349 e. The first-order valence-corrected chi connectivity index (χ1v) is 13.4. The smallest absolute Gasteiger partial charge is 0.252 e. The molecule has 1 aromatic heterocycles. The number of carbonyl (C=O) groups excluding carboxylic acids is 1. The summed E-state index contributed by atoms with van der Waals surface area (Å²) < 4.78 is 50.3. The van der Waals surface area contributed by atoms with Gasteiger partial charge in [-0.1, -0.05) is 18.2 Å². The summed E-state index contributed by atoms with van der Waals surface area (Å²) in [5.74, 6) is -0.619. The van der Waals surface area contributed by atoms with Gasteiger partial charge in [0.2, 0.25) is 5.91 Å². The molecule has 2 aromatic rings. The molecule has 0 bridgehead atoms. The number of benzene rings is 1. The lowest BCUT2D eigenvalue weighted by Crippen LogP contribution is -2.45. The second kappa shape index (κ2) is 8.55. The normalized spacial score (nSPS) is 19.6. The number of rotatable bonds is 6. The van der Waals surface area contributed by atoms with E-state index in [1.54, 1.807) is 29.6 Å². The fraction of sp³-hybridized carbons (Fsp3) is 0.421. The summed E-state index contributed by atoms with van der Waals surface area (Å²) in [6.07, 6.45) is 2.40. The maximum absolute atomic E-state index is 12.7. The molecule has 0 saturated carbocycles. The van der Waals surface area contributed by atoms with Crippen molar-refractivity contribution in [3.63, 3.8) is 0 Å². The second-order valence-electron chi connectivity index (χ2n) is 7.21. The van der Waals surface area contributed by atoms with Crippen molar-refractivity contribution in [2.24, 2.45) is 5.92 Å². The van der Waals surface area contributed by atoms with Crippen molar-refractivity contribution in [2.75, 3.05) is 19.3 Å². The Bertz CT molecular complexity index is 1060. The van der Waals surface area contributed by atoms with Crippen molar-refractivity contribution >= 4 is 37.1 Å². The van der Waals surface area contributed by atoms with Gasteiger partial charge < -0.3 is 5.32 Å². The van der Waals surface area contributed by atoms with Gasteiger partial charge in [-0.15, -0.1) is 11.3 Å². The molecule has 3 rings (SSSR count). The molecule has 0 aliphatic carbocycles. The zero-order chi connectivity index (χ0) is 21.2. The molecular formula is C19H24N2O5S3. The molecule has 7 nitrogen and oxygen atoms in total. The highest BCUT2D eigenvalue weighted by molar-refractivity contribution is 7.91. The van der Waals surface area contributed by atoms with Gasteiger partial charge in [-0.2, -0.15) is 4.31 Å². The molecule has 1 aromatic carbocycles. The lowest BCUT2D eigenvalue weighted by Gasteiger charge is -2.31. The third-order valence-corrected chi connectivity index (χ3v) is 9.38. The molecule has 10 heteroatoms. The van der Waals surface area contributed by atoms with Crippen LogP contribution in [0.2, 0.25) is 0 Å². The Hall–Kier alpha value is -1.75. The molecule has 1 fully saturated rings. The van der Waals surface area contributed by atoms with E-state index in [0.717, 1.165) is 11.8 Å². The third kappa shape index (κ3) is 5.06. The molecule has 29 heavy (non-hydrogen) atoms. The molecule has 1 amide bonds. The SMILES string of the molecule is C[C@H](NC(=O)[C@@H]1CCCN(S(=O)(=O)c2cccs2)C1)c1ccc(S(C)(=O)=O)cc1. The lowest BCUT2D eigenvalue weighted by molar-refractivity contribution is -0.126. The number of hydrogen-bond acceptors (Lipinski definition) is 6. The molecule has 158 valence electrons. The van der Waals surface area contributed by atoms with Crippen molar-refractivity contribution in [1.29, 1.82) is 0 Å². The van der Waals surface area contributed by atoms with Crippen molar-refractivity contribution in [1.82, 2.24) is 9.62 Å². The van der Waals surface area contributed by atoms with E-state index in [-0.39, 0.29) is 27.6 Å². The second-order valence-corrected chi connectivity index (χ2v) is 12.3. The van der Waals surface area contributed by atoms with Gasteiger partial charge in [0.1, 0.15) is 4.21 Å². The van der Waals surface area contributed by atoms with Gasteiger partial charge in [0.25, 0.3) is 10.0 Å². The first kappa shape index (κ1) is 21.9. The largest absolute Gasteiger partial charge is 0.349 e. The molecule has 2 atom stereocenters. The Labute approximate surface area is 175 Å². The molecule has 2 heterocycles. The van der Waals surface area contributed by atoms with E-state index >= 15 is 0 Å². The minimum absolute atomic E-state index is 0.159. The Morgan fingerprint density at radius 2 is 1.86 bits per heavy atom. The molecular weight excluding hydrogens is 432 g/mol. The van der Waals surface area contributed by atoms with E-state index in [1.165, 1.54) is 27.8 Å². The topological polar surface area (TPSA) is 101 Å². The number of nitrogens with zero attached hydrogens (tertiary/aromatic N) is 1. The van der Waals surface area contributed by atoms with Crippen LogP contribution in [0.5, 0.6) is 0 Å². The molecule has 1 saturated heterocycles. The van der Waals surface area contributed by atoms with Crippen LogP contribution in [0.1, 0.15) is 31.4 Å². The van der Waals surface area contributed by atoms with Crippen LogP contribution >= 0.6 is 11.3 Å². The van der Waals surface area contributed by atoms with E-state index < -0.39 is 25.8 Å². The molecule has 1 aliphatic heterocycles. The fourth-order valence-corrected chi connectivity index (χ4v) is 6.63. The summed E-state index contributed by atoms with van der Waals surface area (Å²) in [4.78, 5) is 13.0. The first-order valence-electron chi connectivity index (χ1n) is 9.23. The summed E-state index contributed by atoms with van der Waals surface area (Å²) in [6, 6.07) is 9.34. The van der Waals surface area contributed by atoms with Crippen molar-refractivity contribution in [3.8, 4) is 0 Å². The average molecular weight is 457 g/mol. The summed E-state index contributed by atoms with van der Waals surface area (Å²) in [6.45, 7) is 2.38. The standard InChI is InChI=1S/C19H24N2O5S3/c1-14(15-7-9-17(10-8-15)28(2,23)24)20-19(22)16-5-3-11-21(13-16)29(25,26)18-6-4-12-27-18/h4,6-10,12,14,16H,3,5,11,13H2,1-2H3,(H,20,22)/t14-,16+/m0/s1. The molecule has 0 radical (unpaired) electrons. The zero-order valence-corrected chi connectivity index (χ0v) is 18.7. The first-order chi connectivity index (χ1) is 13.6. The number of amides is 1. The Balaban J connectivity index is 1.66. The summed E-state index contributed by atoms with van der Waals surface area (Å²) in [7, 11) is -6.84. The Morgan fingerprint density at radius 1 is 1.17 bits per heavy atom. The van der Waals surface area contributed by atoms with E-state index in [4.69, 9.17) is 0 Å². The molecule has 0 unspecified atom stereocenters. The molecule has 0 spiro atoms. The lowest BCUT2D eigenvalue weighted by atomic mass is 9.98. The van der Waals surface area contributed by atoms with Gasteiger partial charge in [0.15, 0.2) is 9.84 Å². The number of hydrogen-bond donors (Lipinski definition) is 1. The van der Waals surface area contributed by atoms with Gasteiger partial charge >= 0.3 is 0 Å². The van der Waals surface area contributed by atoms with Crippen molar-refractivity contribution in [3.05, 3.63) is 47.3 Å². The fourth-order valence-electron chi connectivity index (χ4n) is 3.33. The van der Waals surface area contributed by atoms with Crippen molar-refractivity contribution < 1.29 is 21.6 Å². The maximum atomic E-state index is 12.7. The number of sulfonamides is 1. The van der Waals surface area contributed by atoms with E-state index in [9.17, 15) is 21.6 Å². The van der Waals surface area contributed by atoms with Crippen LogP contribution in [0, 0.1) is 5.92 Å². The quantitative estimate of drug-likeness (QED) is 0.720. The van der Waals surface area contributed by atoms with Crippen molar-refractivity contribution in [2.45, 2.75) is 34.9 Å². The van der Waals surface area contributed by atoms with Gasteiger partial charge in [0, 0.05) is 19.3 Å². The van der Waals surface area contributed by atoms with Gasteiger partial charge in [-0.05, 0) is 48.9 Å². The van der Waals surface area contributed by atoms with E-state index in [0.29, 0.717) is 19.4 Å². The number of piperidine rings is 1. The number of thiophene rings is 1.